The Labute approximate surface area is 234 Å². The molecular weight excluding hydrogens is 469 g/mol. The number of halogens is 1. The van der Waals surface area contributed by atoms with Gasteiger partial charge in [-0.25, -0.2) is 4.39 Å². The van der Waals surface area contributed by atoms with E-state index in [1.54, 1.807) is 12.1 Å². The highest BCUT2D eigenvalue weighted by molar-refractivity contribution is 5.64. The van der Waals surface area contributed by atoms with Crippen LogP contribution in [0.1, 0.15) is 148 Å². The molecule has 0 bridgehead atoms. The van der Waals surface area contributed by atoms with Gasteiger partial charge in [0.25, 0.3) is 0 Å². The average Bonchev–Trinajstić information content (AvgIpc) is 2.93. The fraction of sp³-hybridized carbons (Fsp3) is 0.686. The maximum Gasteiger partial charge on any atom is 0.165 e. The van der Waals surface area contributed by atoms with Gasteiger partial charge < -0.3 is 4.74 Å². The van der Waals surface area contributed by atoms with Gasteiger partial charge in [0.1, 0.15) is 0 Å². The van der Waals surface area contributed by atoms with Crippen LogP contribution in [0.3, 0.4) is 0 Å². The molecule has 0 radical (unpaired) electrons. The Morgan fingerprint density at radius 1 is 0.632 bits per heavy atom. The highest BCUT2D eigenvalue weighted by atomic mass is 19.1. The molecule has 1 aromatic carbocycles. The first kappa shape index (κ1) is 32.3. The van der Waals surface area contributed by atoms with Crippen molar-refractivity contribution in [3.63, 3.8) is 0 Å². The summed E-state index contributed by atoms with van der Waals surface area (Å²) in [5, 5.41) is 0. The molecule has 2 rings (SSSR count). The second kappa shape index (κ2) is 22.0. The number of hydrogen-bond donors (Lipinski definition) is 0. The van der Waals surface area contributed by atoms with Gasteiger partial charge in [-0.1, -0.05) is 135 Å². The van der Waals surface area contributed by atoms with Crippen molar-refractivity contribution in [3.8, 4) is 17.0 Å². The number of ether oxygens (including phenoxy) is 1. The number of benzene rings is 1. The van der Waals surface area contributed by atoms with Crippen LogP contribution >= 0.6 is 0 Å². The maximum absolute atomic E-state index is 14.8. The molecule has 0 fully saturated rings. The average molecular weight is 526 g/mol. The summed E-state index contributed by atoms with van der Waals surface area (Å²) in [7, 11) is 0. The minimum atomic E-state index is -0.287. The van der Waals surface area contributed by atoms with Crippen LogP contribution in [-0.2, 0) is 6.42 Å². The van der Waals surface area contributed by atoms with E-state index in [9.17, 15) is 4.39 Å². The van der Waals surface area contributed by atoms with Crippen LogP contribution < -0.4 is 4.74 Å². The van der Waals surface area contributed by atoms with Gasteiger partial charge in [-0.2, -0.15) is 0 Å². The molecule has 0 atom stereocenters. The van der Waals surface area contributed by atoms with Crippen molar-refractivity contribution in [2.45, 2.75) is 149 Å². The zero-order valence-corrected chi connectivity index (χ0v) is 24.8. The standard InChI is InChI=1S/C35H56FNO/c1-3-5-7-9-11-13-15-17-19-21-24-31-25-23-28-37-35(31)32-26-27-34(33(36)30-32)38-29-22-20-18-16-14-12-10-8-6-4-2/h23,25-28,30H,3-22,24,29H2,1-2H3. The third kappa shape index (κ3) is 14.3. The molecule has 0 spiro atoms. The van der Waals surface area contributed by atoms with Gasteiger partial charge in [-0.05, 0) is 49.1 Å². The number of rotatable bonds is 24. The predicted molar refractivity (Wildman–Crippen MR) is 163 cm³/mol. The van der Waals surface area contributed by atoms with Crippen LogP contribution in [0.15, 0.2) is 36.5 Å². The van der Waals surface area contributed by atoms with Crippen molar-refractivity contribution >= 4 is 0 Å². The van der Waals surface area contributed by atoms with Crippen molar-refractivity contribution in [3.05, 3.63) is 47.9 Å². The van der Waals surface area contributed by atoms with Crippen LogP contribution in [0.4, 0.5) is 4.39 Å². The summed E-state index contributed by atoms with van der Waals surface area (Å²) in [6.07, 6.45) is 29.0. The van der Waals surface area contributed by atoms with Crippen LogP contribution in [0.25, 0.3) is 11.3 Å². The molecule has 0 saturated heterocycles. The summed E-state index contributed by atoms with van der Waals surface area (Å²) < 4.78 is 20.6. The number of aromatic nitrogens is 1. The lowest BCUT2D eigenvalue weighted by Crippen LogP contribution is -2.00. The molecule has 0 amide bonds. The molecule has 0 aliphatic carbocycles. The number of hydrogen-bond acceptors (Lipinski definition) is 2. The van der Waals surface area contributed by atoms with Crippen molar-refractivity contribution in [1.82, 2.24) is 4.98 Å². The first-order chi connectivity index (χ1) is 18.8. The molecule has 38 heavy (non-hydrogen) atoms. The molecule has 0 aliphatic heterocycles. The second-order valence-electron chi connectivity index (χ2n) is 11.1. The van der Waals surface area contributed by atoms with Gasteiger partial charge in [0.15, 0.2) is 11.6 Å². The Hall–Kier alpha value is -1.90. The van der Waals surface area contributed by atoms with Crippen LogP contribution in [0.5, 0.6) is 5.75 Å². The van der Waals surface area contributed by atoms with Crippen molar-refractivity contribution in [1.29, 1.82) is 0 Å². The van der Waals surface area contributed by atoms with E-state index in [2.05, 4.69) is 24.9 Å². The number of aryl methyl sites for hydroxylation is 1. The quantitative estimate of drug-likeness (QED) is 0.127. The topological polar surface area (TPSA) is 22.1 Å². The highest BCUT2D eigenvalue weighted by Gasteiger charge is 2.11. The van der Waals surface area contributed by atoms with Crippen LogP contribution in [0.2, 0.25) is 0 Å². The van der Waals surface area contributed by atoms with E-state index in [1.165, 1.54) is 115 Å². The van der Waals surface area contributed by atoms with E-state index >= 15 is 0 Å². The number of unbranched alkanes of at least 4 members (excludes halogenated alkanes) is 18. The molecule has 2 nitrogen and oxygen atoms in total. The normalized spacial score (nSPS) is 11.2. The molecule has 0 unspecified atom stereocenters. The van der Waals surface area contributed by atoms with E-state index < -0.39 is 0 Å². The van der Waals surface area contributed by atoms with E-state index in [1.807, 2.05) is 18.3 Å². The third-order valence-electron chi connectivity index (χ3n) is 7.65. The fourth-order valence-electron chi connectivity index (χ4n) is 5.24. The van der Waals surface area contributed by atoms with Gasteiger partial charge in [0.05, 0.1) is 12.3 Å². The lowest BCUT2D eigenvalue weighted by atomic mass is 9.99. The zero-order valence-electron chi connectivity index (χ0n) is 24.8. The number of nitrogens with zero attached hydrogens (tertiary/aromatic N) is 1. The molecule has 0 N–H and O–H groups in total. The molecule has 0 aliphatic rings. The molecule has 1 heterocycles. The summed E-state index contributed by atoms with van der Waals surface area (Å²) in [6.45, 7) is 5.12. The second-order valence-corrected chi connectivity index (χ2v) is 11.1. The minimum Gasteiger partial charge on any atom is -0.491 e. The molecule has 1 aromatic heterocycles. The lowest BCUT2D eigenvalue weighted by molar-refractivity contribution is 0.290. The monoisotopic (exact) mass is 525 g/mol. The fourth-order valence-corrected chi connectivity index (χ4v) is 5.24. The molecule has 0 saturated carbocycles. The van der Waals surface area contributed by atoms with Crippen molar-refractivity contribution < 1.29 is 9.13 Å². The molecule has 3 heteroatoms. The third-order valence-corrected chi connectivity index (χ3v) is 7.65. The summed E-state index contributed by atoms with van der Waals surface area (Å²) in [5.41, 5.74) is 2.96. The summed E-state index contributed by atoms with van der Waals surface area (Å²) in [6, 6.07) is 9.47. The predicted octanol–water partition coefficient (Wildman–Crippen LogP) is 11.7. The molecule has 214 valence electrons. The first-order valence-corrected chi connectivity index (χ1v) is 16.1. The maximum atomic E-state index is 14.8. The van der Waals surface area contributed by atoms with Crippen LogP contribution in [-0.4, -0.2) is 11.6 Å². The van der Waals surface area contributed by atoms with Gasteiger partial charge in [0, 0.05) is 11.8 Å². The largest absolute Gasteiger partial charge is 0.491 e. The van der Waals surface area contributed by atoms with E-state index in [-0.39, 0.29) is 5.82 Å². The molecule has 2 aromatic rings. The minimum absolute atomic E-state index is 0.287. The summed E-state index contributed by atoms with van der Waals surface area (Å²) >= 11 is 0. The van der Waals surface area contributed by atoms with Crippen LogP contribution in [0, 0.1) is 5.82 Å². The van der Waals surface area contributed by atoms with E-state index in [4.69, 9.17) is 4.74 Å². The smallest absolute Gasteiger partial charge is 0.165 e. The first-order valence-electron chi connectivity index (χ1n) is 16.1. The van der Waals surface area contributed by atoms with Gasteiger partial charge >= 0.3 is 0 Å². The number of pyridine rings is 1. The molecular formula is C35H56FNO. The summed E-state index contributed by atoms with van der Waals surface area (Å²) in [4.78, 5) is 4.61. The van der Waals surface area contributed by atoms with E-state index in [0.717, 1.165) is 36.9 Å². The highest BCUT2D eigenvalue weighted by Crippen LogP contribution is 2.28. The Morgan fingerprint density at radius 3 is 1.71 bits per heavy atom. The van der Waals surface area contributed by atoms with E-state index in [0.29, 0.717) is 12.4 Å². The van der Waals surface area contributed by atoms with Gasteiger partial charge in [0.2, 0.25) is 0 Å². The van der Waals surface area contributed by atoms with Crippen molar-refractivity contribution in [2.75, 3.05) is 6.61 Å². The Kier molecular flexibility index (Phi) is 18.7. The SMILES string of the molecule is CCCCCCCCCCCCOc1ccc(-c2ncccc2CCCCCCCCCCCC)cc1F. The lowest BCUT2D eigenvalue weighted by Gasteiger charge is -2.11. The summed E-state index contributed by atoms with van der Waals surface area (Å²) in [5.74, 6) is 0.0713. The Morgan fingerprint density at radius 2 is 1.16 bits per heavy atom. The van der Waals surface area contributed by atoms with Gasteiger partial charge in [-0.3, -0.25) is 4.98 Å². The van der Waals surface area contributed by atoms with Gasteiger partial charge in [-0.15, -0.1) is 0 Å². The Bertz CT molecular complexity index is 836. The van der Waals surface area contributed by atoms with Crippen molar-refractivity contribution in [2.24, 2.45) is 0 Å². The zero-order chi connectivity index (χ0) is 27.1. The Balaban J connectivity index is 1.66.